The minimum absolute atomic E-state index is 0.347. The summed E-state index contributed by atoms with van der Waals surface area (Å²) in [5, 5.41) is 14.8. The van der Waals surface area contributed by atoms with E-state index in [9.17, 15) is 5.11 Å². The predicted octanol–water partition coefficient (Wildman–Crippen LogP) is 3.72. The zero-order valence-corrected chi connectivity index (χ0v) is 12.5. The molecule has 3 nitrogen and oxygen atoms in total. The van der Waals surface area contributed by atoms with Crippen molar-refractivity contribution in [3.63, 3.8) is 0 Å². The van der Waals surface area contributed by atoms with Gasteiger partial charge in [-0.2, -0.15) is 5.10 Å². The van der Waals surface area contributed by atoms with Gasteiger partial charge in [0.2, 0.25) is 0 Å². The summed E-state index contributed by atoms with van der Waals surface area (Å²) in [5.41, 5.74) is 2.39. The number of aliphatic hydroxyl groups is 1. The van der Waals surface area contributed by atoms with Gasteiger partial charge < -0.3 is 5.11 Å². The summed E-state index contributed by atoms with van der Waals surface area (Å²) in [7, 11) is 0. The minimum Gasteiger partial charge on any atom is -0.387 e. The lowest BCUT2D eigenvalue weighted by Gasteiger charge is -2.19. The third-order valence-corrected chi connectivity index (χ3v) is 3.27. The van der Waals surface area contributed by atoms with E-state index in [-0.39, 0.29) is 6.10 Å². The molecule has 3 heteroatoms. The molecule has 1 rings (SSSR count). The van der Waals surface area contributed by atoms with Crippen LogP contribution in [0.1, 0.15) is 71.4 Å². The van der Waals surface area contributed by atoms with Crippen LogP contribution in [0, 0.1) is 5.41 Å². The summed E-state index contributed by atoms with van der Waals surface area (Å²) in [6.45, 7) is 11.7. The Kier molecular flexibility index (Phi) is 5.39. The monoisotopic (exact) mass is 252 g/mol. The van der Waals surface area contributed by atoms with Gasteiger partial charge in [-0.15, -0.1) is 0 Å². The van der Waals surface area contributed by atoms with Crippen molar-refractivity contribution in [2.45, 2.75) is 73.0 Å². The number of aryl methyl sites for hydroxylation is 2. The smallest absolute Gasteiger partial charge is 0.0956 e. The molecule has 18 heavy (non-hydrogen) atoms. The van der Waals surface area contributed by atoms with Crippen molar-refractivity contribution in [3.05, 3.63) is 17.5 Å². The number of nitrogens with zero attached hydrogens (tertiary/aromatic N) is 2. The summed E-state index contributed by atoms with van der Waals surface area (Å²) in [5.74, 6) is 0. The first kappa shape index (κ1) is 15.2. The first-order valence-electron chi connectivity index (χ1n) is 7.12. The van der Waals surface area contributed by atoms with Crippen molar-refractivity contribution in [2.75, 3.05) is 0 Å². The highest BCUT2D eigenvalue weighted by Gasteiger charge is 2.16. The van der Waals surface area contributed by atoms with Gasteiger partial charge in [0.15, 0.2) is 0 Å². The molecular formula is C15H28N2O. The van der Waals surface area contributed by atoms with Gasteiger partial charge in [0, 0.05) is 6.54 Å². The second-order valence-corrected chi connectivity index (χ2v) is 6.20. The number of hydrogen-bond acceptors (Lipinski definition) is 2. The number of rotatable bonds is 6. The molecule has 1 aromatic heterocycles. The van der Waals surface area contributed by atoms with Crippen LogP contribution in [0.5, 0.6) is 0 Å². The normalized spacial score (nSPS) is 13.9. The zero-order valence-electron chi connectivity index (χ0n) is 12.5. The fourth-order valence-corrected chi connectivity index (χ4v) is 2.15. The fraction of sp³-hybridized carbons (Fsp3) is 0.800. The van der Waals surface area contributed by atoms with Gasteiger partial charge >= 0.3 is 0 Å². The summed E-state index contributed by atoms with van der Waals surface area (Å²) < 4.78 is 1.93. The maximum atomic E-state index is 10.3. The van der Waals surface area contributed by atoms with Crippen LogP contribution in [0.3, 0.4) is 0 Å². The van der Waals surface area contributed by atoms with Crippen LogP contribution in [-0.4, -0.2) is 14.9 Å². The Bertz CT molecular complexity index is 363. The first-order valence-corrected chi connectivity index (χ1v) is 7.12. The van der Waals surface area contributed by atoms with Gasteiger partial charge in [0.1, 0.15) is 0 Å². The lowest BCUT2D eigenvalue weighted by molar-refractivity contribution is 0.148. The molecule has 0 aromatic carbocycles. The van der Waals surface area contributed by atoms with Gasteiger partial charge in [-0.3, -0.25) is 4.68 Å². The molecule has 0 saturated heterocycles. The molecule has 0 aliphatic rings. The second kappa shape index (κ2) is 6.37. The van der Waals surface area contributed by atoms with Gasteiger partial charge in [0.25, 0.3) is 0 Å². The summed E-state index contributed by atoms with van der Waals surface area (Å²) in [6, 6.07) is 2.05. The van der Waals surface area contributed by atoms with Gasteiger partial charge in [-0.25, -0.2) is 0 Å². The van der Waals surface area contributed by atoms with E-state index in [1.165, 1.54) is 0 Å². The standard InChI is InChI=1S/C15H28N2O/c1-6-12-11-13(17(7-2)16-12)14(18)9-8-10-15(3,4)5/h11,14,18H,6-10H2,1-5H3. The van der Waals surface area contributed by atoms with E-state index in [2.05, 4.69) is 39.7 Å². The average Bonchev–Trinajstić information content (AvgIpc) is 2.70. The highest BCUT2D eigenvalue weighted by Crippen LogP contribution is 2.26. The van der Waals surface area contributed by atoms with Gasteiger partial charge in [0.05, 0.1) is 17.5 Å². The minimum atomic E-state index is -0.375. The zero-order chi connectivity index (χ0) is 13.8. The largest absolute Gasteiger partial charge is 0.387 e. The highest BCUT2D eigenvalue weighted by atomic mass is 16.3. The fourth-order valence-electron chi connectivity index (χ4n) is 2.15. The Morgan fingerprint density at radius 1 is 1.33 bits per heavy atom. The van der Waals surface area contributed by atoms with Crippen molar-refractivity contribution in [1.82, 2.24) is 9.78 Å². The molecular weight excluding hydrogens is 224 g/mol. The predicted molar refractivity (Wildman–Crippen MR) is 75.5 cm³/mol. The molecule has 0 spiro atoms. The van der Waals surface area contributed by atoms with Crippen LogP contribution in [0.25, 0.3) is 0 Å². The Balaban J connectivity index is 2.60. The maximum Gasteiger partial charge on any atom is 0.0956 e. The SMILES string of the molecule is CCc1cc(C(O)CCCC(C)(C)C)n(CC)n1. The van der Waals surface area contributed by atoms with E-state index >= 15 is 0 Å². The molecule has 1 aromatic rings. The average molecular weight is 252 g/mol. The molecule has 1 N–H and O–H groups in total. The van der Waals surface area contributed by atoms with Crippen molar-refractivity contribution >= 4 is 0 Å². The number of aromatic nitrogens is 2. The molecule has 104 valence electrons. The van der Waals surface area contributed by atoms with Crippen molar-refractivity contribution < 1.29 is 5.11 Å². The van der Waals surface area contributed by atoms with E-state index in [0.717, 1.165) is 43.6 Å². The third kappa shape index (κ3) is 4.45. The molecule has 0 bridgehead atoms. The molecule has 1 unspecified atom stereocenters. The van der Waals surface area contributed by atoms with Crippen LogP contribution in [0.2, 0.25) is 0 Å². The van der Waals surface area contributed by atoms with Crippen LogP contribution in [0.4, 0.5) is 0 Å². The Labute approximate surface area is 111 Å². The van der Waals surface area contributed by atoms with Crippen molar-refractivity contribution in [2.24, 2.45) is 5.41 Å². The van der Waals surface area contributed by atoms with Gasteiger partial charge in [-0.05, 0) is 44.1 Å². The van der Waals surface area contributed by atoms with E-state index in [4.69, 9.17) is 0 Å². The Morgan fingerprint density at radius 3 is 2.50 bits per heavy atom. The summed E-state index contributed by atoms with van der Waals surface area (Å²) in [4.78, 5) is 0. The lowest BCUT2D eigenvalue weighted by atomic mass is 9.89. The molecule has 0 aliphatic heterocycles. The molecule has 0 amide bonds. The molecule has 1 heterocycles. The van der Waals surface area contributed by atoms with E-state index < -0.39 is 0 Å². The number of hydrogen-bond donors (Lipinski definition) is 1. The van der Waals surface area contributed by atoms with Gasteiger partial charge in [-0.1, -0.05) is 27.7 Å². The highest BCUT2D eigenvalue weighted by molar-refractivity contribution is 5.13. The molecule has 0 fully saturated rings. The topological polar surface area (TPSA) is 38.0 Å². The summed E-state index contributed by atoms with van der Waals surface area (Å²) in [6.07, 6.45) is 3.58. The third-order valence-electron chi connectivity index (χ3n) is 3.27. The molecule has 1 atom stereocenters. The van der Waals surface area contributed by atoms with Crippen LogP contribution < -0.4 is 0 Å². The molecule has 0 radical (unpaired) electrons. The summed E-state index contributed by atoms with van der Waals surface area (Å²) >= 11 is 0. The van der Waals surface area contributed by atoms with Crippen LogP contribution in [-0.2, 0) is 13.0 Å². The quantitative estimate of drug-likeness (QED) is 0.838. The van der Waals surface area contributed by atoms with E-state index in [1.807, 2.05) is 10.7 Å². The van der Waals surface area contributed by atoms with Crippen LogP contribution >= 0.6 is 0 Å². The van der Waals surface area contributed by atoms with Crippen LogP contribution in [0.15, 0.2) is 6.07 Å². The second-order valence-electron chi connectivity index (χ2n) is 6.20. The van der Waals surface area contributed by atoms with Crippen molar-refractivity contribution in [1.29, 1.82) is 0 Å². The van der Waals surface area contributed by atoms with Crippen molar-refractivity contribution in [3.8, 4) is 0 Å². The Morgan fingerprint density at radius 2 is 2.00 bits per heavy atom. The maximum absolute atomic E-state index is 10.3. The molecule has 0 aliphatic carbocycles. The van der Waals surface area contributed by atoms with E-state index in [1.54, 1.807) is 0 Å². The molecule has 0 saturated carbocycles. The lowest BCUT2D eigenvalue weighted by Crippen LogP contribution is -2.10. The number of aliphatic hydroxyl groups excluding tert-OH is 1. The first-order chi connectivity index (χ1) is 8.37. The van der Waals surface area contributed by atoms with E-state index in [0.29, 0.717) is 5.41 Å². The Hall–Kier alpha value is -0.830.